The highest BCUT2D eigenvalue weighted by Crippen LogP contribution is 2.19. The number of aromatic nitrogens is 2. The first kappa shape index (κ1) is 12.8. The number of methoxy groups -OCH3 is 1. The molecule has 0 radical (unpaired) electrons. The third-order valence-corrected chi connectivity index (χ3v) is 2.36. The molecule has 98 valence electrons. The van der Waals surface area contributed by atoms with Crippen LogP contribution in [0.5, 0.6) is 11.8 Å². The number of hydrogen-bond acceptors (Lipinski definition) is 5. The van der Waals surface area contributed by atoms with Gasteiger partial charge in [-0.25, -0.2) is 4.79 Å². The summed E-state index contributed by atoms with van der Waals surface area (Å²) in [6.45, 7) is 0.247. The molecule has 0 spiro atoms. The predicted octanol–water partition coefficient (Wildman–Crippen LogP) is 1.76. The van der Waals surface area contributed by atoms with E-state index in [2.05, 4.69) is 9.97 Å². The van der Waals surface area contributed by atoms with Crippen molar-refractivity contribution in [2.24, 2.45) is 0 Å². The van der Waals surface area contributed by atoms with Crippen LogP contribution in [-0.4, -0.2) is 28.2 Å². The van der Waals surface area contributed by atoms with Crippen LogP contribution in [0.3, 0.4) is 0 Å². The third kappa shape index (κ3) is 3.19. The van der Waals surface area contributed by atoms with Gasteiger partial charge in [-0.2, -0.15) is 9.97 Å². The summed E-state index contributed by atoms with van der Waals surface area (Å²) in [5.74, 6) is -1.08. The molecule has 0 amide bonds. The quantitative estimate of drug-likeness (QED) is 0.882. The topological polar surface area (TPSA) is 81.5 Å². The number of benzene rings is 1. The van der Waals surface area contributed by atoms with Gasteiger partial charge in [0.1, 0.15) is 6.61 Å². The Kier molecular flexibility index (Phi) is 3.92. The molecule has 0 aliphatic carbocycles. The van der Waals surface area contributed by atoms with Crippen molar-refractivity contribution in [1.82, 2.24) is 9.97 Å². The lowest BCUT2D eigenvalue weighted by Crippen LogP contribution is -2.08. The molecule has 0 saturated carbocycles. The van der Waals surface area contributed by atoms with Crippen LogP contribution in [0.25, 0.3) is 0 Å². The van der Waals surface area contributed by atoms with E-state index < -0.39 is 5.97 Å². The Morgan fingerprint density at radius 2 is 2.05 bits per heavy atom. The van der Waals surface area contributed by atoms with E-state index in [1.54, 1.807) is 0 Å². The molecule has 6 heteroatoms. The highest BCUT2D eigenvalue weighted by Gasteiger charge is 2.15. The minimum absolute atomic E-state index is 0.00976. The van der Waals surface area contributed by atoms with Gasteiger partial charge in [0.2, 0.25) is 0 Å². The van der Waals surface area contributed by atoms with Gasteiger partial charge in [-0.05, 0) is 5.56 Å². The van der Waals surface area contributed by atoms with Crippen molar-refractivity contribution in [1.29, 1.82) is 0 Å². The minimum Gasteiger partial charge on any atom is -0.485 e. The number of carbonyl (C=O) groups is 1. The maximum atomic E-state index is 11.1. The van der Waals surface area contributed by atoms with Crippen LogP contribution in [0.1, 0.15) is 16.1 Å². The Labute approximate surface area is 109 Å². The van der Waals surface area contributed by atoms with Crippen LogP contribution in [-0.2, 0) is 6.61 Å². The van der Waals surface area contributed by atoms with E-state index in [1.807, 2.05) is 30.3 Å². The van der Waals surface area contributed by atoms with E-state index in [0.29, 0.717) is 0 Å². The molecule has 1 heterocycles. The molecule has 1 aromatic heterocycles. The molecule has 0 bridgehead atoms. The molecule has 0 saturated heterocycles. The number of carboxylic acid groups (broad SMARTS) is 1. The Morgan fingerprint density at radius 3 is 2.68 bits per heavy atom. The monoisotopic (exact) mass is 260 g/mol. The number of carboxylic acids is 1. The maximum absolute atomic E-state index is 11.1. The maximum Gasteiger partial charge on any atom is 0.358 e. The van der Waals surface area contributed by atoms with E-state index in [0.717, 1.165) is 5.56 Å². The lowest BCUT2D eigenvalue weighted by Gasteiger charge is -2.08. The van der Waals surface area contributed by atoms with Crippen LogP contribution in [0.4, 0.5) is 0 Å². The lowest BCUT2D eigenvalue weighted by atomic mass is 10.2. The summed E-state index contributed by atoms with van der Waals surface area (Å²) in [6.07, 6.45) is 1.29. The fraction of sp³-hybridized carbons (Fsp3) is 0.154. The molecule has 1 aromatic carbocycles. The number of ether oxygens (including phenoxy) is 2. The molecular weight excluding hydrogens is 248 g/mol. The van der Waals surface area contributed by atoms with Crippen molar-refractivity contribution in [3.05, 3.63) is 47.8 Å². The first-order chi connectivity index (χ1) is 9.20. The second-order valence-corrected chi connectivity index (χ2v) is 3.65. The number of nitrogens with zero attached hydrogens (tertiary/aromatic N) is 2. The first-order valence-electron chi connectivity index (χ1n) is 5.51. The van der Waals surface area contributed by atoms with E-state index in [9.17, 15) is 4.79 Å². The smallest absolute Gasteiger partial charge is 0.358 e. The Bertz CT molecular complexity index is 572. The van der Waals surface area contributed by atoms with E-state index in [1.165, 1.54) is 13.3 Å². The highest BCUT2D eigenvalue weighted by molar-refractivity contribution is 5.88. The number of rotatable bonds is 5. The van der Waals surface area contributed by atoms with Gasteiger partial charge in [-0.1, -0.05) is 30.3 Å². The third-order valence-electron chi connectivity index (χ3n) is 2.36. The fourth-order valence-electron chi connectivity index (χ4n) is 1.45. The predicted molar refractivity (Wildman–Crippen MR) is 66.3 cm³/mol. The van der Waals surface area contributed by atoms with Gasteiger partial charge in [0.05, 0.1) is 13.3 Å². The van der Waals surface area contributed by atoms with Gasteiger partial charge >= 0.3 is 12.0 Å². The average Bonchev–Trinajstić information content (AvgIpc) is 2.46. The van der Waals surface area contributed by atoms with Crippen molar-refractivity contribution in [3.63, 3.8) is 0 Å². The van der Waals surface area contributed by atoms with Gasteiger partial charge in [-0.3, -0.25) is 0 Å². The highest BCUT2D eigenvalue weighted by atomic mass is 16.5. The molecule has 2 aromatic rings. The van der Waals surface area contributed by atoms with Crippen LogP contribution in [0.15, 0.2) is 36.5 Å². The Hall–Kier alpha value is -2.63. The zero-order chi connectivity index (χ0) is 13.7. The number of aromatic carboxylic acids is 1. The van der Waals surface area contributed by atoms with Gasteiger partial charge in [0, 0.05) is 0 Å². The van der Waals surface area contributed by atoms with Crippen LogP contribution < -0.4 is 9.47 Å². The van der Waals surface area contributed by atoms with Crippen LogP contribution in [0, 0.1) is 0 Å². The van der Waals surface area contributed by atoms with E-state index in [-0.39, 0.29) is 24.1 Å². The summed E-state index contributed by atoms with van der Waals surface area (Å²) in [5.41, 5.74) is 0.706. The van der Waals surface area contributed by atoms with Crippen molar-refractivity contribution in [2.45, 2.75) is 6.61 Å². The van der Waals surface area contributed by atoms with Crippen molar-refractivity contribution in [3.8, 4) is 11.8 Å². The minimum atomic E-state index is -1.19. The molecule has 2 rings (SSSR count). The summed E-state index contributed by atoms with van der Waals surface area (Å²) in [5, 5.41) is 9.06. The van der Waals surface area contributed by atoms with Gasteiger partial charge in [0.25, 0.3) is 0 Å². The molecule has 1 N–H and O–H groups in total. The van der Waals surface area contributed by atoms with Gasteiger partial charge in [-0.15, -0.1) is 0 Å². The Balaban J connectivity index is 2.18. The summed E-state index contributed by atoms with van der Waals surface area (Å²) >= 11 is 0. The molecule has 0 aliphatic heterocycles. The van der Waals surface area contributed by atoms with Crippen molar-refractivity contribution in [2.75, 3.05) is 7.11 Å². The molecule has 6 nitrogen and oxygen atoms in total. The zero-order valence-corrected chi connectivity index (χ0v) is 10.2. The first-order valence-corrected chi connectivity index (χ1v) is 5.51. The summed E-state index contributed by atoms with van der Waals surface area (Å²) in [7, 11) is 1.37. The van der Waals surface area contributed by atoms with Crippen LogP contribution in [0.2, 0.25) is 0 Å². The number of hydrogen-bond donors (Lipinski definition) is 1. The fourth-order valence-corrected chi connectivity index (χ4v) is 1.45. The zero-order valence-electron chi connectivity index (χ0n) is 10.2. The Morgan fingerprint density at radius 1 is 1.32 bits per heavy atom. The van der Waals surface area contributed by atoms with Crippen LogP contribution >= 0.6 is 0 Å². The molecule has 0 atom stereocenters. The summed E-state index contributed by atoms with van der Waals surface area (Å²) in [4.78, 5) is 18.7. The SMILES string of the molecule is COc1ncc(OCc2ccccc2)c(C(=O)O)n1. The second kappa shape index (κ2) is 5.81. The molecule has 0 unspecified atom stereocenters. The van der Waals surface area contributed by atoms with E-state index >= 15 is 0 Å². The van der Waals surface area contributed by atoms with Crippen molar-refractivity contribution >= 4 is 5.97 Å². The van der Waals surface area contributed by atoms with Crippen molar-refractivity contribution < 1.29 is 19.4 Å². The van der Waals surface area contributed by atoms with Gasteiger partial charge in [0.15, 0.2) is 11.4 Å². The summed E-state index contributed by atoms with van der Waals surface area (Å²) in [6, 6.07) is 9.39. The average molecular weight is 260 g/mol. The lowest BCUT2D eigenvalue weighted by molar-refractivity contribution is 0.0683. The largest absolute Gasteiger partial charge is 0.485 e. The molecule has 0 fully saturated rings. The second-order valence-electron chi connectivity index (χ2n) is 3.65. The van der Waals surface area contributed by atoms with E-state index in [4.69, 9.17) is 14.6 Å². The molecular formula is C13H12N2O4. The standard InChI is InChI=1S/C13H12N2O4/c1-18-13-14-7-10(11(15-13)12(16)17)19-8-9-5-3-2-4-6-9/h2-7H,8H2,1H3,(H,16,17). The molecule has 19 heavy (non-hydrogen) atoms. The normalized spacial score (nSPS) is 9.95. The summed E-state index contributed by atoms with van der Waals surface area (Å²) < 4.78 is 10.2. The van der Waals surface area contributed by atoms with Gasteiger partial charge < -0.3 is 14.6 Å². The molecule has 0 aliphatic rings.